The second kappa shape index (κ2) is 5.37. The fourth-order valence-corrected chi connectivity index (χ4v) is 2.59. The Morgan fingerprint density at radius 3 is 2.78 bits per heavy atom. The van der Waals surface area contributed by atoms with Crippen molar-refractivity contribution in [2.24, 2.45) is 5.73 Å². The number of carbonyl (C=O) groups is 1. The normalized spacial score (nSPS) is 10.6. The smallest absolute Gasteiger partial charge is 0.287 e. The van der Waals surface area contributed by atoms with Crippen molar-refractivity contribution in [3.8, 4) is 0 Å². The summed E-state index contributed by atoms with van der Waals surface area (Å²) in [6.07, 6.45) is 0. The van der Waals surface area contributed by atoms with Crippen molar-refractivity contribution in [2.75, 3.05) is 0 Å². The van der Waals surface area contributed by atoms with Gasteiger partial charge in [0.25, 0.3) is 5.91 Å². The fourth-order valence-electron chi connectivity index (χ4n) is 1.60. The van der Waals surface area contributed by atoms with Gasteiger partial charge in [-0.15, -0.1) is 11.3 Å². The molecule has 96 valence electrons. The standard InChI is InChI=1S/C13H16N2O2S/c1-8-5-11(18-9(8)2)7-15-13(16)12-4-3-10(6-14)17-12/h3-5H,6-7,14H2,1-2H3,(H,15,16). The van der Waals surface area contributed by atoms with Crippen LogP contribution in [0.15, 0.2) is 22.6 Å². The van der Waals surface area contributed by atoms with Crippen LogP contribution in [0.5, 0.6) is 0 Å². The summed E-state index contributed by atoms with van der Waals surface area (Å²) in [6, 6.07) is 5.45. The molecule has 0 bridgehead atoms. The van der Waals surface area contributed by atoms with Crippen LogP contribution in [0.2, 0.25) is 0 Å². The minimum absolute atomic E-state index is 0.210. The van der Waals surface area contributed by atoms with Crippen LogP contribution >= 0.6 is 11.3 Å². The predicted octanol–water partition coefficient (Wildman–Crippen LogP) is 2.35. The third-order valence-corrected chi connectivity index (χ3v) is 3.88. The number of nitrogens with two attached hydrogens (primary N) is 1. The van der Waals surface area contributed by atoms with Gasteiger partial charge in [-0.3, -0.25) is 4.79 Å². The largest absolute Gasteiger partial charge is 0.455 e. The van der Waals surface area contributed by atoms with E-state index in [4.69, 9.17) is 10.2 Å². The first kappa shape index (κ1) is 12.9. The second-order valence-corrected chi connectivity index (χ2v) is 5.45. The zero-order valence-electron chi connectivity index (χ0n) is 10.4. The number of hydrogen-bond acceptors (Lipinski definition) is 4. The van der Waals surface area contributed by atoms with E-state index in [1.165, 1.54) is 10.4 Å². The van der Waals surface area contributed by atoms with Crippen molar-refractivity contribution < 1.29 is 9.21 Å². The Balaban J connectivity index is 1.95. The molecule has 2 rings (SSSR count). The number of amides is 1. The van der Waals surface area contributed by atoms with E-state index in [1.54, 1.807) is 23.5 Å². The molecule has 0 aliphatic heterocycles. The molecule has 4 nitrogen and oxygen atoms in total. The Hall–Kier alpha value is -1.59. The Labute approximate surface area is 110 Å². The molecule has 18 heavy (non-hydrogen) atoms. The lowest BCUT2D eigenvalue weighted by molar-refractivity contribution is 0.0922. The van der Waals surface area contributed by atoms with E-state index in [9.17, 15) is 4.79 Å². The maximum absolute atomic E-state index is 11.8. The van der Waals surface area contributed by atoms with Crippen LogP contribution in [0, 0.1) is 13.8 Å². The molecular weight excluding hydrogens is 248 g/mol. The van der Waals surface area contributed by atoms with Crippen molar-refractivity contribution in [1.29, 1.82) is 0 Å². The maximum Gasteiger partial charge on any atom is 0.287 e. The molecular formula is C13H16N2O2S. The highest BCUT2D eigenvalue weighted by molar-refractivity contribution is 7.12. The molecule has 0 aliphatic rings. The maximum atomic E-state index is 11.8. The molecule has 1 amide bonds. The Morgan fingerprint density at radius 2 is 2.22 bits per heavy atom. The molecule has 0 atom stereocenters. The van der Waals surface area contributed by atoms with Gasteiger partial charge in [0.15, 0.2) is 5.76 Å². The van der Waals surface area contributed by atoms with Gasteiger partial charge in [0.1, 0.15) is 5.76 Å². The summed E-state index contributed by atoms with van der Waals surface area (Å²) >= 11 is 1.70. The van der Waals surface area contributed by atoms with Gasteiger partial charge < -0.3 is 15.5 Å². The predicted molar refractivity (Wildman–Crippen MR) is 71.6 cm³/mol. The van der Waals surface area contributed by atoms with Gasteiger partial charge in [0.2, 0.25) is 0 Å². The monoisotopic (exact) mass is 264 g/mol. The molecule has 0 saturated heterocycles. The van der Waals surface area contributed by atoms with Crippen molar-refractivity contribution >= 4 is 17.2 Å². The summed E-state index contributed by atoms with van der Waals surface area (Å²) in [4.78, 5) is 14.2. The van der Waals surface area contributed by atoms with Crippen LogP contribution in [0.4, 0.5) is 0 Å². The van der Waals surface area contributed by atoms with E-state index < -0.39 is 0 Å². The van der Waals surface area contributed by atoms with Gasteiger partial charge in [-0.1, -0.05) is 0 Å². The molecule has 0 unspecified atom stereocenters. The number of hydrogen-bond donors (Lipinski definition) is 2. The van der Waals surface area contributed by atoms with Crippen LogP contribution in [0.1, 0.15) is 31.6 Å². The molecule has 0 aliphatic carbocycles. The summed E-state index contributed by atoms with van der Waals surface area (Å²) in [5.41, 5.74) is 6.68. The van der Waals surface area contributed by atoms with Gasteiger partial charge in [0.05, 0.1) is 13.1 Å². The molecule has 0 spiro atoms. The molecule has 0 saturated carbocycles. The Morgan fingerprint density at radius 1 is 1.44 bits per heavy atom. The minimum atomic E-state index is -0.210. The summed E-state index contributed by atoms with van der Waals surface area (Å²) in [5, 5.41) is 2.83. The highest BCUT2D eigenvalue weighted by atomic mass is 32.1. The van der Waals surface area contributed by atoms with E-state index >= 15 is 0 Å². The van der Waals surface area contributed by atoms with E-state index in [0.29, 0.717) is 24.6 Å². The molecule has 0 radical (unpaired) electrons. The van der Waals surface area contributed by atoms with Gasteiger partial charge in [-0.25, -0.2) is 0 Å². The zero-order valence-corrected chi connectivity index (χ0v) is 11.3. The molecule has 2 aromatic rings. The van der Waals surface area contributed by atoms with E-state index in [0.717, 1.165) is 4.88 Å². The summed E-state index contributed by atoms with van der Waals surface area (Å²) in [7, 11) is 0. The van der Waals surface area contributed by atoms with Crippen LogP contribution in [0.25, 0.3) is 0 Å². The summed E-state index contributed by atoms with van der Waals surface area (Å²) < 4.78 is 5.28. The zero-order chi connectivity index (χ0) is 13.1. The lowest BCUT2D eigenvalue weighted by atomic mass is 10.3. The molecule has 2 heterocycles. The van der Waals surface area contributed by atoms with Crippen LogP contribution in [-0.2, 0) is 13.1 Å². The van der Waals surface area contributed by atoms with Crippen LogP contribution < -0.4 is 11.1 Å². The number of aryl methyl sites for hydroxylation is 2. The third kappa shape index (κ3) is 2.80. The number of nitrogens with one attached hydrogen (secondary N) is 1. The van der Waals surface area contributed by atoms with Crippen molar-refractivity contribution in [3.05, 3.63) is 45.0 Å². The van der Waals surface area contributed by atoms with Crippen LogP contribution in [-0.4, -0.2) is 5.91 Å². The topological polar surface area (TPSA) is 68.3 Å². The first-order valence-electron chi connectivity index (χ1n) is 5.73. The molecule has 2 aromatic heterocycles. The van der Waals surface area contributed by atoms with E-state index in [1.807, 2.05) is 0 Å². The molecule has 3 N–H and O–H groups in total. The second-order valence-electron chi connectivity index (χ2n) is 4.10. The van der Waals surface area contributed by atoms with E-state index in [2.05, 4.69) is 25.2 Å². The first-order valence-corrected chi connectivity index (χ1v) is 6.54. The highest BCUT2D eigenvalue weighted by Gasteiger charge is 2.11. The third-order valence-electron chi connectivity index (χ3n) is 2.73. The molecule has 5 heteroatoms. The Kier molecular flexibility index (Phi) is 3.84. The fraction of sp³-hybridized carbons (Fsp3) is 0.308. The van der Waals surface area contributed by atoms with Gasteiger partial charge in [-0.2, -0.15) is 0 Å². The van der Waals surface area contributed by atoms with Crippen molar-refractivity contribution in [3.63, 3.8) is 0 Å². The van der Waals surface area contributed by atoms with Crippen LogP contribution in [0.3, 0.4) is 0 Å². The van der Waals surface area contributed by atoms with Gasteiger partial charge >= 0.3 is 0 Å². The number of rotatable bonds is 4. The summed E-state index contributed by atoms with van der Waals surface area (Å²) in [6.45, 7) is 4.97. The van der Waals surface area contributed by atoms with Gasteiger partial charge in [0, 0.05) is 9.75 Å². The number of furan rings is 1. The average Bonchev–Trinajstić information content (AvgIpc) is 2.94. The lowest BCUT2D eigenvalue weighted by Gasteiger charge is -2.00. The van der Waals surface area contributed by atoms with E-state index in [-0.39, 0.29) is 5.91 Å². The number of thiophene rings is 1. The SMILES string of the molecule is Cc1cc(CNC(=O)c2ccc(CN)o2)sc1C. The Bertz CT molecular complexity index is 538. The first-order chi connectivity index (χ1) is 8.60. The van der Waals surface area contributed by atoms with Crippen molar-refractivity contribution in [2.45, 2.75) is 26.9 Å². The average molecular weight is 264 g/mol. The highest BCUT2D eigenvalue weighted by Crippen LogP contribution is 2.20. The van der Waals surface area contributed by atoms with Gasteiger partial charge in [-0.05, 0) is 37.6 Å². The van der Waals surface area contributed by atoms with Crippen molar-refractivity contribution in [1.82, 2.24) is 5.32 Å². The molecule has 0 aromatic carbocycles. The molecule has 0 fully saturated rings. The quantitative estimate of drug-likeness (QED) is 0.890. The summed E-state index contributed by atoms with van der Waals surface area (Å²) in [5.74, 6) is 0.710. The lowest BCUT2D eigenvalue weighted by Crippen LogP contribution is -2.21. The number of carbonyl (C=O) groups excluding carboxylic acids is 1. The minimum Gasteiger partial charge on any atom is -0.455 e.